The number of nitrogens with zero attached hydrogens (tertiary/aromatic N) is 5. The van der Waals surface area contributed by atoms with Crippen molar-refractivity contribution in [3.63, 3.8) is 0 Å². The van der Waals surface area contributed by atoms with E-state index < -0.39 is 0 Å². The van der Waals surface area contributed by atoms with Crippen molar-refractivity contribution >= 4 is 23.2 Å². The van der Waals surface area contributed by atoms with Crippen LogP contribution in [0.15, 0.2) is 36.8 Å². The second kappa shape index (κ2) is 8.43. The second-order valence-electron chi connectivity index (χ2n) is 7.78. The van der Waals surface area contributed by atoms with Crippen LogP contribution in [-0.2, 0) is 4.74 Å². The van der Waals surface area contributed by atoms with Gasteiger partial charge in [-0.25, -0.2) is 14.8 Å². The van der Waals surface area contributed by atoms with E-state index in [0.29, 0.717) is 17.2 Å². The van der Waals surface area contributed by atoms with Crippen LogP contribution in [0.25, 0.3) is 17.0 Å². The van der Waals surface area contributed by atoms with Gasteiger partial charge in [0.2, 0.25) is 5.78 Å². The zero-order valence-electron chi connectivity index (χ0n) is 17.6. The molecule has 0 unspecified atom stereocenters. The Morgan fingerprint density at radius 3 is 2.71 bits per heavy atom. The molecule has 3 aromatic rings. The highest BCUT2D eigenvalue weighted by Crippen LogP contribution is 2.31. The van der Waals surface area contributed by atoms with E-state index in [1.807, 2.05) is 46.1 Å². The molecular weight excluding hydrogens is 396 g/mol. The average molecular weight is 422 g/mol. The molecule has 2 saturated heterocycles. The first-order chi connectivity index (χ1) is 15.2. The summed E-state index contributed by atoms with van der Waals surface area (Å²) in [6.07, 6.45) is 7.95. The molecule has 2 aliphatic heterocycles. The Balaban J connectivity index is 1.42. The molecule has 0 aliphatic carbocycles. The zero-order chi connectivity index (χ0) is 21.2. The molecule has 9 nitrogen and oxygen atoms in total. The predicted octanol–water partition coefficient (Wildman–Crippen LogP) is 2.87. The molecule has 1 aromatic carbocycles. The Bertz CT molecular complexity index is 1090. The van der Waals surface area contributed by atoms with Crippen molar-refractivity contribution in [3.05, 3.63) is 36.8 Å². The van der Waals surface area contributed by atoms with Crippen LogP contribution in [0.4, 0.5) is 16.2 Å². The summed E-state index contributed by atoms with van der Waals surface area (Å²) in [5, 5.41) is 2.99. The maximum atomic E-state index is 12.6. The standard InChI is InChI=1S/C22H26N6O3/c1-30-20-5-4-16(12-18(20)25-22(29)27-6-2-3-7-27)19-15-28-14-17(13-23-21(28)24-19)26-8-10-31-11-9-26/h4-5,12-15H,2-3,6-11H2,1H3,(H,25,29). The van der Waals surface area contributed by atoms with E-state index in [2.05, 4.69) is 20.2 Å². The zero-order valence-corrected chi connectivity index (χ0v) is 17.6. The molecule has 9 heteroatoms. The molecule has 0 saturated carbocycles. The Hall–Kier alpha value is -3.33. The van der Waals surface area contributed by atoms with Gasteiger partial charge >= 0.3 is 6.03 Å². The van der Waals surface area contributed by atoms with Crippen LogP contribution in [-0.4, -0.2) is 71.8 Å². The van der Waals surface area contributed by atoms with Crippen molar-refractivity contribution in [1.29, 1.82) is 0 Å². The van der Waals surface area contributed by atoms with Crippen LogP contribution < -0.4 is 15.0 Å². The first kappa shape index (κ1) is 19.6. The topological polar surface area (TPSA) is 84.2 Å². The molecular formula is C22H26N6O3. The summed E-state index contributed by atoms with van der Waals surface area (Å²) in [7, 11) is 1.60. The quantitative estimate of drug-likeness (QED) is 0.696. The molecule has 0 spiro atoms. The van der Waals surface area contributed by atoms with Crippen molar-refractivity contribution in [3.8, 4) is 17.0 Å². The number of carbonyl (C=O) groups is 1. The van der Waals surface area contributed by atoms with Crippen LogP contribution >= 0.6 is 0 Å². The van der Waals surface area contributed by atoms with Crippen LogP contribution in [0.1, 0.15) is 12.8 Å². The summed E-state index contributed by atoms with van der Waals surface area (Å²) in [6.45, 7) is 4.74. The van der Waals surface area contributed by atoms with Gasteiger partial charge in [0, 0.05) is 44.1 Å². The number of amides is 2. The van der Waals surface area contributed by atoms with Gasteiger partial charge < -0.3 is 24.6 Å². The number of nitrogens with one attached hydrogen (secondary N) is 1. The number of urea groups is 1. The lowest BCUT2D eigenvalue weighted by molar-refractivity contribution is 0.122. The lowest BCUT2D eigenvalue weighted by Gasteiger charge is -2.28. The first-order valence-electron chi connectivity index (χ1n) is 10.6. The highest BCUT2D eigenvalue weighted by atomic mass is 16.5. The van der Waals surface area contributed by atoms with Gasteiger partial charge in [0.05, 0.1) is 43.6 Å². The minimum Gasteiger partial charge on any atom is -0.495 e. The Kier molecular flexibility index (Phi) is 5.33. The molecule has 5 rings (SSSR count). The normalized spacial score (nSPS) is 16.7. The average Bonchev–Trinajstić information content (AvgIpc) is 3.49. The van der Waals surface area contributed by atoms with Gasteiger partial charge in [-0.1, -0.05) is 0 Å². The van der Waals surface area contributed by atoms with Crippen molar-refractivity contribution in [2.24, 2.45) is 0 Å². The first-order valence-corrected chi connectivity index (χ1v) is 10.6. The smallest absolute Gasteiger partial charge is 0.321 e. The summed E-state index contributed by atoms with van der Waals surface area (Å²) in [5.74, 6) is 1.25. The number of likely N-dealkylation sites (tertiary alicyclic amines) is 1. The minimum atomic E-state index is -0.0974. The van der Waals surface area contributed by atoms with Crippen LogP contribution in [0.2, 0.25) is 0 Å². The summed E-state index contributed by atoms with van der Waals surface area (Å²) < 4.78 is 12.8. The number of fused-ring (bicyclic) bond motifs is 1. The third kappa shape index (κ3) is 4.00. The third-order valence-corrected chi connectivity index (χ3v) is 5.80. The van der Waals surface area contributed by atoms with Crippen molar-refractivity contribution < 1.29 is 14.3 Å². The molecule has 4 heterocycles. The number of carbonyl (C=O) groups excluding carboxylic acids is 1. The summed E-state index contributed by atoms with van der Waals surface area (Å²) in [4.78, 5) is 25.9. The van der Waals surface area contributed by atoms with Crippen LogP contribution in [0.3, 0.4) is 0 Å². The third-order valence-electron chi connectivity index (χ3n) is 5.80. The summed E-state index contributed by atoms with van der Waals surface area (Å²) in [5.41, 5.74) is 3.35. The van der Waals surface area contributed by atoms with Gasteiger partial charge in [-0.05, 0) is 31.0 Å². The maximum Gasteiger partial charge on any atom is 0.321 e. The fraction of sp³-hybridized carbons (Fsp3) is 0.409. The van der Waals surface area contributed by atoms with E-state index in [-0.39, 0.29) is 6.03 Å². The highest BCUT2D eigenvalue weighted by molar-refractivity contribution is 5.92. The Labute approximate surface area is 180 Å². The van der Waals surface area contributed by atoms with Gasteiger partial charge in [-0.15, -0.1) is 0 Å². The Morgan fingerprint density at radius 1 is 1.13 bits per heavy atom. The monoisotopic (exact) mass is 422 g/mol. The molecule has 1 N–H and O–H groups in total. The number of ether oxygens (including phenoxy) is 2. The summed E-state index contributed by atoms with van der Waals surface area (Å²) >= 11 is 0. The minimum absolute atomic E-state index is 0.0974. The number of anilines is 2. The number of imidazole rings is 1. The lowest BCUT2D eigenvalue weighted by Crippen LogP contribution is -2.36. The van der Waals surface area contributed by atoms with E-state index in [1.54, 1.807) is 7.11 Å². The van der Waals surface area contributed by atoms with Gasteiger partial charge in [0.25, 0.3) is 0 Å². The van der Waals surface area contributed by atoms with E-state index in [1.165, 1.54) is 0 Å². The van der Waals surface area contributed by atoms with Crippen LogP contribution in [0, 0.1) is 0 Å². The number of aromatic nitrogens is 3. The fourth-order valence-corrected chi connectivity index (χ4v) is 4.08. The molecule has 162 valence electrons. The van der Waals surface area contributed by atoms with E-state index >= 15 is 0 Å². The molecule has 2 aromatic heterocycles. The number of hydrogen-bond acceptors (Lipinski definition) is 6. The van der Waals surface area contributed by atoms with Crippen molar-refractivity contribution in [1.82, 2.24) is 19.3 Å². The predicted molar refractivity (Wildman–Crippen MR) is 118 cm³/mol. The highest BCUT2D eigenvalue weighted by Gasteiger charge is 2.20. The van der Waals surface area contributed by atoms with Crippen LogP contribution in [0.5, 0.6) is 5.75 Å². The number of methoxy groups -OCH3 is 1. The Morgan fingerprint density at radius 2 is 1.94 bits per heavy atom. The fourth-order valence-electron chi connectivity index (χ4n) is 4.08. The molecule has 2 fully saturated rings. The molecule has 31 heavy (non-hydrogen) atoms. The number of rotatable bonds is 4. The number of hydrogen-bond donors (Lipinski definition) is 1. The SMILES string of the molecule is COc1ccc(-c2cn3cc(N4CCOCC4)cnc3n2)cc1NC(=O)N1CCCC1. The molecule has 0 atom stereocenters. The molecule has 0 radical (unpaired) electrons. The largest absolute Gasteiger partial charge is 0.495 e. The summed E-state index contributed by atoms with van der Waals surface area (Å²) in [6, 6.07) is 5.60. The number of benzene rings is 1. The van der Waals surface area contributed by atoms with E-state index in [4.69, 9.17) is 9.47 Å². The maximum absolute atomic E-state index is 12.6. The lowest BCUT2D eigenvalue weighted by atomic mass is 10.1. The van der Waals surface area contributed by atoms with Gasteiger partial charge in [0.1, 0.15) is 5.75 Å². The molecule has 2 aliphatic rings. The van der Waals surface area contributed by atoms with Gasteiger partial charge in [-0.3, -0.25) is 4.40 Å². The van der Waals surface area contributed by atoms with Gasteiger partial charge in [-0.2, -0.15) is 0 Å². The second-order valence-corrected chi connectivity index (χ2v) is 7.78. The van der Waals surface area contributed by atoms with E-state index in [9.17, 15) is 4.79 Å². The number of morpholine rings is 1. The van der Waals surface area contributed by atoms with Crippen molar-refractivity contribution in [2.75, 3.05) is 56.7 Å². The molecule has 2 amide bonds. The molecule has 0 bridgehead atoms. The van der Waals surface area contributed by atoms with E-state index in [0.717, 1.165) is 69.2 Å². The van der Waals surface area contributed by atoms with Gasteiger partial charge in [0.15, 0.2) is 0 Å². The van der Waals surface area contributed by atoms with Crippen molar-refractivity contribution in [2.45, 2.75) is 12.8 Å².